The number of carbonyl (C=O) groups is 2. The van der Waals surface area contributed by atoms with E-state index in [1.807, 2.05) is 69.3 Å². The lowest BCUT2D eigenvalue weighted by Crippen LogP contribution is -2.36. The van der Waals surface area contributed by atoms with Crippen LogP contribution in [-0.2, 0) is 20.9 Å². The van der Waals surface area contributed by atoms with Crippen molar-refractivity contribution in [2.75, 3.05) is 18.1 Å². The predicted molar refractivity (Wildman–Crippen MR) is 115 cm³/mol. The van der Waals surface area contributed by atoms with E-state index in [-0.39, 0.29) is 18.0 Å². The molecule has 6 heteroatoms. The quantitative estimate of drug-likeness (QED) is 0.622. The van der Waals surface area contributed by atoms with Crippen molar-refractivity contribution >= 4 is 17.7 Å². The van der Waals surface area contributed by atoms with Crippen molar-refractivity contribution in [2.45, 2.75) is 52.2 Å². The molecule has 0 spiro atoms. The third-order valence-corrected chi connectivity index (χ3v) is 4.77. The Labute approximate surface area is 177 Å². The van der Waals surface area contributed by atoms with Crippen molar-refractivity contribution in [2.24, 2.45) is 0 Å². The van der Waals surface area contributed by atoms with Gasteiger partial charge in [0.15, 0.2) is 0 Å². The number of rotatable bonds is 6. The molecular weight excluding hydrogens is 382 g/mol. The molecule has 1 aliphatic rings. The first-order valence-electron chi connectivity index (χ1n) is 10.2. The summed E-state index contributed by atoms with van der Waals surface area (Å²) in [6.07, 6.45) is 0.241. The van der Waals surface area contributed by atoms with Gasteiger partial charge >= 0.3 is 12.1 Å². The van der Waals surface area contributed by atoms with Crippen molar-refractivity contribution in [3.05, 3.63) is 59.7 Å². The highest BCUT2D eigenvalue weighted by atomic mass is 16.6. The van der Waals surface area contributed by atoms with Gasteiger partial charge in [-0.2, -0.15) is 0 Å². The fourth-order valence-electron chi connectivity index (χ4n) is 3.43. The number of anilines is 1. The summed E-state index contributed by atoms with van der Waals surface area (Å²) < 4.78 is 16.7. The van der Waals surface area contributed by atoms with Gasteiger partial charge in [-0.15, -0.1) is 0 Å². The maximum atomic E-state index is 12.7. The molecule has 0 N–H and O–H groups in total. The normalized spacial score (nSPS) is 15.5. The molecule has 0 aromatic heterocycles. The van der Waals surface area contributed by atoms with Crippen LogP contribution in [0.5, 0.6) is 5.75 Å². The van der Waals surface area contributed by atoms with Crippen LogP contribution in [-0.4, -0.2) is 30.8 Å². The van der Waals surface area contributed by atoms with E-state index in [1.54, 1.807) is 4.90 Å². The summed E-state index contributed by atoms with van der Waals surface area (Å²) in [5.74, 6) is 0.463. The van der Waals surface area contributed by atoms with E-state index in [2.05, 4.69) is 0 Å². The van der Waals surface area contributed by atoms with Gasteiger partial charge in [0, 0.05) is 19.4 Å². The summed E-state index contributed by atoms with van der Waals surface area (Å²) in [5.41, 5.74) is 2.31. The van der Waals surface area contributed by atoms with Gasteiger partial charge in [-0.25, -0.2) is 4.79 Å². The van der Waals surface area contributed by atoms with Gasteiger partial charge in [0.05, 0.1) is 12.3 Å². The van der Waals surface area contributed by atoms with Gasteiger partial charge in [0.2, 0.25) is 0 Å². The van der Waals surface area contributed by atoms with Gasteiger partial charge in [-0.3, -0.25) is 9.69 Å². The maximum Gasteiger partial charge on any atom is 0.414 e. The van der Waals surface area contributed by atoms with Crippen LogP contribution in [0.15, 0.2) is 48.5 Å². The molecule has 0 saturated heterocycles. The third-order valence-electron chi connectivity index (χ3n) is 4.77. The van der Waals surface area contributed by atoms with E-state index in [9.17, 15) is 9.59 Å². The number of nitrogens with zero attached hydrogens (tertiary/aromatic N) is 1. The lowest BCUT2D eigenvalue weighted by molar-refractivity contribution is -0.141. The predicted octanol–water partition coefficient (Wildman–Crippen LogP) is 5.06. The minimum absolute atomic E-state index is 0.0344. The van der Waals surface area contributed by atoms with Crippen molar-refractivity contribution < 1.29 is 23.8 Å². The summed E-state index contributed by atoms with van der Waals surface area (Å²) >= 11 is 0. The van der Waals surface area contributed by atoms with Crippen molar-refractivity contribution in [3.63, 3.8) is 0 Å². The molecule has 2 aromatic carbocycles. The van der Waals surface area contributed by atoms with Crippen molar-refractivity contribution in [3.8, 4) is 5.75 Å². The Bertz CT molecular complexity index is 888. The topological polar surface area (TPSA) is 65.1 Å². The highest BCUT2D eigenvalue weighted by molar-refractivity contribution is 5.91. The second-order valence-corrected chi connectivity index (χ2v) is 8.41. The molecule has 0 saturated carbocycles. The van der Waals surface area contributed by atoms with Crippen LogP contribution in [0.1, 0.15) is 51.2 Å². The molecule has 30 heavy (non-hydrogen) atoms. The average molecular weight is 411 g/mol. The number of benzene rings is 2. The molecule has 1 unspecified atom stereocenters. The van der Waals surface area contributed by atoms with E-state index in [1.165, 1.54) is 6.92 Å². The minimum Gasteiger partial charge on any atom is -0.489 e. The zero-order chi connectivity index (χ0) is 21.7. The fourth-order valence-corrected chi connectivity index (χ4v) is 3.43. The van der Waals surface area contributed by atoms with Crippen LogP contribution < -0.4 is 9.64 Å². The summed E-state index contributed by atoms with van der Waals surface area (Å²) in [6, 6.07) is 15.7. The molecule has 3 rings (SSSR count). The molecule has 160 valence electrons. The number of carbonyl (C=O) groups excluding carboxylic acids is 2. The molecule has 1 atom stereocenters. The zero-order valence-corrected chi connectivity index (χ0v) is 18.0. The Balaban J connectivity index is 1.78. The molecule has 1 aliphatic heterocycles. The molecule has 0 radical (unpaired) electrons. The van der Waals surface area contributed by atoms with Gasteiger partial charge in [-0.05, 0) is 56.5 Å². The van der Waals surface area contributed by atoms with Gasteiger partial charge in [0.25, 0.3) is 0 Å². The Morgan fingerprint density at radius 1 is 1.10 bits per heavy atom. The highest BCUT2D eigenvalue weighted by Gasteiger charge is 2.35. The lowest BCUT2D eigenvalue weighted by atomic mass is 9.98. The smallest absolute Gasteiger partial charge is 0.414 e. The van der Waals surface area contributed by atoms with Crippen LogP contribution in [0.2, 0.25) is 0 Å². The maximum absolute atomic E-state index is 12.7. The molecule has 6 nitrogen and oxygen atoms in total. The van der Waals surface area contributed by atoms with Gasteiger partial charge in [0.1, 0.15) is 18.0 Å². The summed E-state index contributed by atoms with van der Waals surface area (Å²) in [7, 11) is 0. The van der Waals surface area contributed by atoms with E-state index in [0.29, 0.717) is 26.2 Å². The van der Waals surface area contributed by atoms with Crippen LogP contribution >= 0.6 is 0 Å². The second kappa shape index (κ2) is 9.20. The number of hydrogen-bond acceptors (Lipinski definition) is 5. The summed E-state index contributed by atoms with van der Waals surface area (Å²) in [6.45, 7) is 8.19. The summed E-state index contributed by atoms with van der Waals surface area (Å²) in [4.78, 5) is 25.5. The number of fused-ring (bicyclic) bond motifs is 1. The lowest BCUT2D eigenvalue weighted by Gasteiger charge is -2.25. The Morgan fingerprint density at radius 3 is 2.50 bits per heavy atom. The zero-order valence-electron chi connectivity index (χ0n) is 18.0. The number of hydrogen-bond donors (Lipinski definition) is 0. The number of amides is 1. The molecular formula is C24H29NO5. The van der Waals surface area contributed by atoms with Crippen molar-refractivity contribution in [1.82, 2.24) is 0 Å². The average Bonchev–Trinajstić information content (AvgIpc) is 3.04. The largest absolute Gasteiger partial charge is 0.489 e. The molecule has 1 heterocycles. The molecule has 0 aliphatic carbocycles. The number of esters is 1. The van der Waals surface area contributed by atoms with E-state index in [0.717, 1.165) is 22.6 Å². The Hall–Kier alpha value is -3.02. The first-order valence-corrected chi connectivity index (χ1v) is 10.2. The third kappa shape index (κ3) is 5.75. The van der Waals surface area contributed by atoms with Crippen LogP contribution in [0.3, 0.4) is 0 Å². The van der Waals surface area contributed by atoms with Crippen LogP contribution in [0.25, 0.3) is 0 Å². The van der Waals surface area contributed by atoms with Gasteiger partial charge < -0.3 is 14.2 Å². The van der Waals surface area contributed by atoms with Crippen LogP contribution in [0, 0.1) is 0 Å². The standard InChI is InChI=1S/C24H29NO5/c1-17(26)28-13-12-19-15-25(23(27)30-24(2,3)4)22-11-10-20(14-21(19)22)29-16-18-8-6-5-7-9-18/h5-11,14,19H,12-13,15-16H2,1-4H3. The monoisotopic (exact) mass is 411 g/mol. The second-order valence-electron chi connectivity index (χ2n) is 8.41. The van der Waals surface area contributed by atoms with Crippen LogP contribution in [0.4, 0.5) is 10.5 Å². The molecule has 0 bridgehead atoms. The molecule has 0 fully saturated rings. The van der Waals surface area contributed by atoms with E-state index < -0.39 is 5.60 Å². The Morgan fingerprint density at radius 2 is 1.83 bits per heavy atom. The molecule has 2 aromatic rings. The van der Waals surface area contributed by atoms with Gasteiger partial charge in [-0.1, -0.05) is 30.3 Å². The van der Waals surface area contributed by atoms with E-state index in [4.69, 9.17) is 14.2 Å². The SMILES string of the molecule is CC(=O)OCCC1CN(C(=O)OC(C)(C)C)c2ccc(OCc3ccccc3)cc21. The summed E-state index contributed by atoms with van der Waals surface area (Å²) in [5, 5.41) is 0. The fraction of sp³-hybridized carbons (Fsp3) is 0.417. The first-order chi connectivity index (χ1) is 14.2. The first kappa shape index (κ1) is 21.7. The highest BCUT2D eigenvalue weighted by Crippen LogP contribution is 2.41. The van der Waals surface area contributed by atoms with Crippen molar-refractivity contribution in [1.29, 1.82) is 0 Å². The van der Waals surface area contributed by atoms with E-state index >= 15 is 0 Å². The minimum atomic E-state index is -0.578. The number of ether oxygens (including phenoxy) is 3. The molecule has 1 amide bonds. The Kier molecular flexibility index (Phi) is 6.65.